The molecule has 1 aliphatic carbocycles. The molecule has 4 heteroatoms. The maximum absolute atomic E-state index is 11.6. The van der Waals surface area contributed by atoms with Crippen LogP contribution in [-0.4, -0.2) is 32.2 Å². The SMILES string of the molecule is COCC(CCN)NC(=O)CC1CCC1. The molecule has 15 heavy (non-hydrogen) atoms. The number of hydrogen-bond acceptors (Lipinski definition) is 3. The van der Waals surface area contributed by atoms with Gasteiger partial charge in [0.25, 0.3) is 0 Å². The quantitative estimate of drug-likeness (QED) is 0.654. The molecule has 1 fully saturated rings. The third kappa shape index (κ3) is 4.62. The molecule has 0 radical (unpaired) electrons. The van der Waals surface area contributed by atoms with E-state index < -0.39 is 0 Å². The average Bonchev–Trinajstić information content (AvgIpc) is 2.12. The zero-order valence-electron chi connectivity index (χ0n) is 9.50. The van der Waals surface area contributed by atoms with E-state index in [0.29, 0.717) is 25.5 Å². The molecule has 0 bridgehead atoms. The molecule has 1 rings (SSSR count). The van der Waals surface area contributed by atoms with Crippen molar-refractivity contribution in [1.82, 2.24) is 5.32 Å². The van der Waals surface area contributed by atoms with Crippen LogP contribution in [0.2, 0.25) is 0 Å². The van der Waals surface area contributed by atoms with Gasteiger partial charge in [0, 0.05) is 13.5 Å². The van der Waals surface area contributed by atoms with Gasteiger partial charge in [0.1, 0.15) is 0 Å². The van der Waals surface area contributed by atoms with Crippen molar-refractivity contribution in [1.29, 1.82) is 0 Å². The van der Waals surface area contributed by atoms with Crippen LogP contribution >= 0.6 is 0 Å². The molecule has 1 amide bonds. The van der Waals surface area contributed by atoms with E-state index in [2.05, 4.69) is 5.32 Å². The zero-order chi connectivity index (χ0) is 11.1. The lowest BCUT2D eigenvalue weighted by Crippen LogP contribution is -2.40. The van der Waals surface area contributed by atoms with E-state index in [1.807, 2.05) is 0 Å². The Hall–Kier alpha value is -0.610. The topological polar surface area (TPSA) is 64.3 Å². The lowest BCUT2D eigenvalue weighted by atomic mass is 9.83. The first-order chi connectivity index (χ1) is 7.26. The smallest absolute Gasteiger partial charge is 0.220 e. The molecule has 0 aromatic carbocycles. The summed E-state index contributed by atoms with van der Waals surface area (Å²) < 4.78 is 5.03. The van der Waals surface area contributed by atoms with Crippen molar-refractivity contribution in [2.45, 2.75) is 38.1 Å². The van der Waals surface area contributed by atoms with Crippen molar-refractivity contribution >= 4 is 5.91 Å². The van der Waals surface area contributed by atoms with E-state index >= 15 is 0 Å². The number of hydrogen-bond donors (Lipinski definition) is 2. The van der Waals surface area contributed by atoms with Gasteiger partial charge >= 0.3 is 0 Å². The fourth-order valence-electron chi connectivity index (χ4n) is 1.85. The second kappa shape index (κ2) is 6.80. The second-order valence-electron chi connectivity index (χ2n) is 4.30. The molecular formula is C11H22N2O2. The maximum Gasteiger partial charge on any atom is 0.220 e. The van der Waals surface area contributed by atoms with Gasteiger partial charge in [-0.25, -0.2) is 0 Å². The van der Waals surface area contributed by atoms with Gasteiger partial charge in [0.2, 0.25) is 5.91 Å². The molecule has 1 saturated carbocycles. The summed E-state index contributed by atoms with van der Waals surface area (Å²) in [6.07, 6.45) is 5.15. The molecule has 88 valence electrons. The van der Waals surface area contributed by atoms with Crippen molar-refractivity contribution in [3.63, 3.8) is 0 Å². The number of rotatable bonds is 7. The van der Waals surface area contributed by atoms with Gasteiger partial charge in [-0.1, -0.05) is 6.42 Å². The second-order valence-corrected chi connectivity index (χ2v) is 4.30. The molecule has 0 aromatic rings. The van der Waals surface area contributed by atoms with Gasteiger partial charge in [-0.3, -0.25) is 4.79 Å². The van der Waals surface area contributed by atoms with Gasteiger partial charge in [0.15, 0.2) is 0 Å². The molecule has 1 aliphatic rings. The van der Waals surface area contributed by atoms with Crippen LogP contribution < -0.4 is 11.1 Å². The highest BCUT2D eigenvalue weighted by atomic mass is 16.5. The number of nitrogens with one attached hydrogen (secondary N) is 1. The monoisotopic (exact) mass is 214 g/mol. The fraction of sp³-hybridized carbons (Fsp3) is 0.909. The summed E-state index contributed by atoms with van der Waals surface area (Å²) in [7, 11) is 1.64. The van der Waals surface area contributed by atoms with Crippen LogP contribution in [0.4, 0.5) is 0 Å². The van der Waals surface area contributed by atoms with Crippen molar-refractivity contribution in [3.8, 4) is 0 Å². The first kappa shape index (κ1) is 12.5. The summed E-state index contributed by atoms with van der Waals surface area (Å²) in [5.74, 6) is 0.765. The van der Waals surface area contributed by atoms with E-state index in [0.717, 1.165) is 6.42 Å². The van der Waals surface area contributed by atoms with E-state index in [-0.39, 0.29) is 11.9 Å². The van der Waals surface area contributed by atoms with Crippen molar-refractivity contribution in [3.05, 3.63) is 0 Å². The summed E-state index contributed by atoms with van der Waals surface area (Å²) in [4.78, 5) is 11.6. The molecule has 0 saturated heterocycles. The lowest BCUT2D eigenvalue weighted by Gasteiger charge is -2.26. The first-order valence-electron chi connectivity index (χ1n) is 5.74. The number of nitrogens with two attached hydrogens (primary N) is 1. The van der Waals surface area contributed by atoms with Crippen LogP contribution in [0.15, 0.2) is 0 Å². The molecule has 0 heterocycles. The standard InChI is InChI=1S/C11H22N2O2/c1-15-8-10(5-6-12)13-11(14)7-9-3-2-4-9/h9-10H,2-8,12H2,1H3,(H,13,14). The number of carbonyl (C=O) groups is 1. The van der Waals surface area contributed by atoms with Gasteiger partial charge in [0.05, 0.1) is 12.6 Å². The Bertz CT molecular complexity index is 187. The Morgan fingerprint density at radius 1 is 1.60 bits per heavy atom. The van der Waals surface area contributed by atoms with E-state index in [4.69, 9.17) is 10.5 Å². The zero-order valence-corrected chi connectivity index (χ0v) is 9.50. The summed E-state index contributed by atoms with van der Waals surface area (Å²) in [5, 5.41) is 2.97. The summed E-state index contributed by atoms with van der Waals surface area (Å²) in [6.45, 7) is 1.13. The minimum absolute atomic E-state index is 0.0765. The number of carbonyl (C=O) groups excluding carboxylic acids is 1. The van der Waals surface area contributed by atoms with Crippen LogP contribution in [0, 0.1) is 5.92 Å². The third-order valence-corrected chi connectivity index (χ3v) is 2.95. The van der Waals surface area contributed by atoms with Crippen molar-refractivity contribution < 1.29 is 9.53 Å². The Morgan fingerprint density at radius 2 is 2.33 bits per heavy atom. The van der Waals surface area contributed by atoms with Crippen LogP contribution in [0.3, 0.4) is 0 Å². The largest absolute Gasteiger partial charge is 0.383 e. The third-order valence-electron chi connectivity index (χ3n) is 2.95. The molecule has 0 aromatic heterocycles. The van der Waals surface area contributed by atoms with Crippen molar-refractivity contribution in [2.24, 2.45) is 11.7 Å². The van der Waals surface area contributed by atoms with Gasteiger partial charge in [-0.15, -0.1) is 0 Å². The van der Waals surface area contributed by atoms with Crippen LogP contribution in [0.25, 0.3) is 0 Å². The van der Waals surface area contributed by atoms with Crippen LogP contribution in [0.5, 0.6) is 0 Å². The fourth-order valence-corrected chi connectivity index (χ4v) is 1.85. The molecule has 0 aliphatic heterocycles. The van der Waals surface area contributed by atoms with E-state index in [1.165, 1.54) is 19.3 Å². The number of methoxy groups -OCH3 is 1. The maximum atomic E-state index is 11.6. The van der Waals surface area contributed by atoms with E-state index in [9.17, 15) is 4.79 Å². The predicted molar refractivity (Wildman–Crippen MR) is 59.4 cm³/mol. The highest BCUT2D eigenvalue weighted by Crippen LogP contribution is 2.29. The molecule has 0 spiro atoms. The minimum atomic E-state index is 0.0765. The van der Waals surface area contributed by atoms with Crippen molar-refractivity contribution in [2.75, 3.05) is 20.3 Å². The summed E-state index contributed by atoms with van der Waals surface area (Å²) >= 11 is 0. The Labute approximate surface area is 91.5 Å². The van der Waals surface area contributed by atoms with Gasteiger partial charge < -0.3 is 15.8 Å². The van der Waals surface area contributed by atoms with Gasteiger partial charge in [-0.2, -0.15) is 0 Å². The Kier molecular flexibility index (Phi) is 5.65. The molecule has 1 unspecified atom stereocenters. The highest BCUT2D eigenvalue weighted by Gasteiger charge is 2.21. The molecule has 4 nitrogen and oxygen atoms in total. The van der Waals surface area contributed by atoms with E-state index in [1.54, 1.807) is 7.11 Å². The number of amides is 1. The Balaban J connectivity index is 2.19. The normalized spacial score (nSPS) is 18.3. The molecular weight excluding hydrogens is 192 g/mol. The minimum Gasteiger partial charge on any atom is -0.383 e. The Morgan fingerprint density at radius 3 is 2.80 bits per heavy atom. The van der Waals surface area contributed by atoms with Gasteiger partial charge in [-0.05, 0) is 31.7 Å². The van der Waals surface area contributed by atoms with Crippen LogP contribution in [-0.2, 0) is 9.53 Å². The molecule has 1 atom stereocenters. The summed E-state index contributed by atoms with van der Waals surface area (Å²) in [6, 6.07) is 0.0765. The number of ether oxygens (including phenoxy) is 1. The highest BCUT2D eigenvalue weighted by molar-refractivity contribution is 5.76. The summed E-state index contributed by atoms with van der Waals surface area (Å²) in [5.41, 5.74) is 5.47. The first-order valence-corrected chi connectivity index (χ1v) is 5.74. The molecule has 3 N–H and O–H groups in total. The lowest BCUT2D eigenvalue weighted by molar-refractivity contribution is -0.123. The predicted octanol–water partition coefficient (Wildman–Crippen LogP) is 0.657. The average molecular weight is 214 g/mol. The van der Waals surface area contributed by atoms with Crippen LogP contribution in [0.1, 0.15) is 32.1 Å².